The van der Waals surface area contributed by atoms with Gasteiger partial charge in [0.15, 0.2) is 0 Å². The first-order valence-corrected chi connectivity index (χ1v) is 9.11. The van der Waals surface area contributed by atoms with E-state index in [1.165, 1.54) is 11.5 Å². The Morgan fingerprint density at radius 1 is 1.28 bits per heavy atom. The molecule has 6 nitrogen and oxygen atoms in total. The molecule has 2 aromatic rings. The summed E-state index contributed by atoms with van der Waals surface area (Å²) in [7, 11) is 0. The second-order valence-corrected chi connectivity index (χ2v) is 6.67. The lowest BCUT2D eigenvalue weighted by Crippen LogP contribution is -2.17. The highest BCUT2D eigenvalue weighted by Crippen LogP contribution is 2.31. The van der Waals surface area contributed by atoms with Crippen molar-refractivity contribution in [2.24, 2.45) is 0 Å². The van der Waals surface area contributed by atoms with Crippen LogP contribution in [0.4, 0.5) is 5.69 Å². The van der Waals surface area contributed by atoms with Gasteiger partial charge in [0.2, 0.25) is 5.91 Å². The number of para-hydroxylation sites is 1. The van der Waals surface area contributed by atoms with Crippen LogP contribution in [0.15, 0.2) is 42.6 Å². The Morgan fingerprint density at radius 3 is 2.68 bits per heavy atom. The average Bonchev–Trinajstić information content (AvgIpc) is 3.04. The Labute approximate surface area is 152 Å². The molecule has 1 amide bonds. The topological polar surface area (TPSA) is 87.1 Å². The van der Waals surface area contributed by atoms with E-state index in [1.54, 1.807) is 5.48 Å². The minimum atomic E-state index is -0.341. The maximum Gasteiger partial charge on any atom is 0.243 e. The van der Waals surface area contributed by atoms with Crippen molar-refractivity contribution < 1.29 is 10.0 Å². The van der Waals surface area contributed by atoms with Gasteiger partial charge in [-0.25, -0.2) is 10.5 Å². The summed E-state index contributed by atoms with van der Waals surface area (Å²) < 4.78 is 4.29. The van der Waals surface area contributed by atoms with Crippen LogP contribution in [-0.2, 0) is 4.79 Å². The van der Waals surface area contributed by atoms with Crippen LogP contribution in [0.5, 0.6) is 0 Å². The Morgan fingerprint density at radius 2 is 2.04 bits per heavy atom. The molecule has 0 fully saturated rings. The predicted octanol–water partition coefficient (Wildman–Crippen LogP) is 4.01. The molecule has 1 atom stereocenters. The van der Waals surface area contributed by atoms with Gasteiger partial charge >= 0.3 is 0 Å². The lowest BCUT2D eigenvalue weighted by Gasteiger charge is -2.19. The number of rotatable bonds is 10. The SMILES string of the molecule is C=C(Nc1ccccc1)C(CCCCCC(=O)NO)c1nc(C)ns1. The summed E-state index contributed by atoms with van der Waals surface area (Å²) in [4.78, 5) is 15.6. The minimum Gasteiger partial charge on any atom is -0.359 e. The first kappa shape index (κ1) is 19.1. The van der Waals surface area contributed by atoms with Crippen molar-refractivity contribution in [3.8, 4) is 0 Å². The lowest BCUT2D eigenvalue weighted by molar-refractivity contribution is -0.129. The molecule has 7 heteroatoms. The average molecular weight is 360 g/mol. The molecule has 0 aliphatic rings. The standard InChI is InChI=1S/C18H24N4O2S/c1-13(19-15-9-5-3-6-10-15)16(18-20-14(2)22-25-18)11-7-4-8-12-17(23)21-24/h3,5-6,9-10,16,19,24H,1,4,7-8,11-12H2,2H3,(H,21,23). The highest BCUT2D eigenvalue weighted by molar-refractivity contribution is 7.05. The second-order valence-electron chi connectivity index (χ2n) is 5.88. The minimum absolute atomic E-state index is 0.0816. The van der Waals surface area contributed by atoms with Gasteiger partial charge in [0.1, 0.15) is 10.8 Å². The van der Waals surface area contributed by atoms with Crippen molar-refractivity contribution in [3.63, 3.8) is 0 Å². The quantitative estimate of drug-likeness (QED) is 0.338. The number of hydrogen-bond donors (Lipinski definition) is 3. The van der Waals surface area contributed by atoms with Gasteiger partial charge in [-0.15, -0.1) is 0 Å². The fourth-order valence-corrected chi connectivity index (χ4v) is 3.39. The fraction of sp³-hybridized carbons (Fsp3) is 0.389. The van der Waals surface area contributed by atoms with Crippen molar-refractivity contribution in [2.75, 3.05) is 5.32 Å². The number of carbonyl (C=O) groups excluding carboxylic acids is 1. The van der Waals surface area contributed by atoms with Crippen molar-refractivity contribution >= 4 is 23.1 Å². The molecule has 2 rings (SSSR count). The summed E-state index contributed by atoms with van der Waals surface area (Å²) in [6.45, 7) is 6.09. The number of amides is 1. The van der Waals surface area contributed by atoms with Crippen LogP contribution in [0.3, 0.4) is 0 Å². The van der Waals surface area contributed by atoms with Gasteiger partial charge in [-0.1, -0.05) is 37.6 Å². The zero-order valence-corrected chi connectivity index (χ0v) is 15.2. The van der Waals surface area contributed by atoms with Crippen LogP contribution in [0.1, 0.15) is 48.9 Å². The number of aromatic nitrogens is 2. The summed E-state index contributed by atoms with van der Waals surface area (Å²) in [6.07, 6.45) is 3.81. The summed E-state index contributed by atoms with van der Waals surface area (Å²) >= 11 is 1.41. The zero-order chi connectivity index (χ0) is 18.1. The van der Waals surface area contributed by atoms with E-state index < -0.39 is 0 Å². The van der Waals surface area contributed by atoms with Crippen LogP contribution < -0.4 is 10.8 Å². The third-order valence-electron chi connectivity index (χ3n) is 3.86. The van der Waals surface area contributed by atoms with Crippen molar-refractivity contribution in [2.45, 2.75) is 44.9 Å². The molecule has 0 spiro atoms. The molecule has 0 aliphatic heterocycles. The number of carbonyl (C=O) groups is 1. The van der Waals surface area contributed by atoms with Gasteiger partial charge in [-0.05, 0) is 43.4 Å². The molecule has 1 unspecified atom stereocenters. The summed E-state index contributed by atoms with van der Waals surface area (Å²) in [5, 5.41) is 12.8. The van der Waals surface area contributed by atoms with Crippen LogP contribution >= 0.6 is 11.5 Å². The number of hydroxylamine groups is 1. The number of allylic oxidation sites excluding steroid dienone is 1. The van der Waals surface area contributed by atoms with Gasteiger partial charge in [-0.2, -0.15) is 4.37 Å². The molecule has 134 valence electrons. The van der Waals surface area contributed by atoms with E-state index in [9.17, 15) is 4.79 Å². The van der Waals surface area contributed by atoms with Gasteiger partial charge in [-0.3, -0.25) is 10.0 Å². The van der Waals surface area contributed by atoms with E-state index in [2.05, 4.69) is 21.3 Å². The molecule has 25 heavy (non-hydrogen) atoms. The maximum absolute atomic E-state index is 11.0. The molecular weight excluding hydrogens is 336 g/mol. The number of benzene rings is 1. The second kappa shape index (κ2) is 9.90. The maximum atomic E-state index is 11.0. The number of anilines is 1. The monoisotopic (exact) mass is 360 g/mol. The van der Waals surface area contributed by atoms with Gasteiger partial charge in [0.25, 0.3) is 0 Å². The predicted molar refractivity (Wildman–Crippen MR) is 99.6 cm³/mol. The number of nitrogens with one attached hydrogen (secondary N) is 2. The van der Waals surface area contributed by atoms with E-state index in [0.29, 0.717) is 6.42 Å². The normalized spacial score (nSPS) is 11.8. The van der Waals surface area contributed by atoms with Crippen molar-refractivity contribution in [1.29, 1.82) is 0 Å². The number of aryl methyl sites for hydroxylation is 1. The molecule has 0 saturated carbocycles. The van der Waals surface area contributed by atoms with E-state index in [1.807, 2.05) is 37.3 Å². The van der Waals surface area contributed by atoms with Gasteiger partial charge < -0.3 is 5.32 Å². The molecule has 1 aromatic heterocycles. The van der Waals surface area contributed by atoms with Crippen LogP contribution in [-0.4, -0.2) is 20.5 Å². The highest BCUT2D eigenvalue weighted by Gasteiger charge is 2.19. The van der Waals surface area contributed by atoms with E-state index in [0.717, 1.165) is 47.9 Å². The fourth-order valence-electron chi connectivity index (χ4n) is 2.56. The number of unbranched alkanes of at least 4 members (excludes halogenated alkanes) is 2. The molecule has 0 saturated heterocycles. The zero-order valence-electron chi connectivity index (χ0n) is 14.4. The Bertz CT molecular complexity index is 687. The molecule has 0 aliphatic carbocycles. The first-order chi connectivity index (χ1) is 12.1. The van der Waals surface area contributed by atoms with E-state index in [-0.39, 0.29) is 11.8 Å². The molecule has 3 N–H and O–H groups in total. The lowest BCUT2D eigenvalue weighted by atomic mass is 9.98. The third kappa shape index (κ3) is 6.28. The third-order valence-corrected chi connectivity index (χ3v) is 4.78. The van der Waals surface area contributed by atoms with Crippen LogP contribution in [0, 0.1) is 6.92 Å². The largest absolute Gasteiger partial charge is 0.359 e. The number of nitrogens with zero attached hydrogens (tertiary/aromatic N) is 2. The Hall–Kier alpha value is -2.25. The Balaban J connectivity index is 1.94. The van der Waals surface area contributed by atoms with Crippen LogP contribution in [0.2, 0.25) is 0 Å². The first-order valence-electron chi connectivity index (χ1n) is 8.34. The van der Waals surface area contributed by atoms with Gasteiger partial charge in [0, 0.05) is 17.8 Å². The molecule has 0 bridgehead atoms. The summed E-state index contributed by atoms with van der Waals surface area (Å²) in [5.74, 6) is 0.515. The Kier molecular flexibility index (Phi) is 7.56. The van der Waals surface area contributed by atoms with Crippen molar-refractivity contribution in [3.05, 3.63) is 53.4 Å². The summed E-state index contributed by atoms with van der Waals surface area (Å²) in [6, 6.07) is 9.93. The van der Waals surface area contributed by atoms with E-state index in [4.69, 9.17) is 5.21 Å². The number of hydrogen-bond acceptors (Lipinski definition) is 6. The van der Waals surface area contributed by atoms with Gasteiger partial charge in [0.05, 0.1) is 5.92 Å². The molecular formula is C18H24N4O2S. The van der Waals surface area contributed by atoms with E-state index >= 15 is 0 Å². The molecule has 1 aromatic carbocycles. The van der Waals surface area contributed by atoms with Crippen molar-refractivity contribution in [1.82, 2.24) is 14.8 Å². The highest BCUT2D eigenvalue weighted by atomic mass is 32.1. The smallest absolute Gasteiger partial charge is 0.243 e. The molecule has 0 radical (unpaired) electrons. The summed E-state index contributed by atoms with van der Waals surface area (Å²) in [5.41, 5.74) is 3.56. The van der Waals surface area contributed by atoms with Crippen LogP contribution in [0.25, 0.3) is 0 Å². The molecule has 1 heterocycles.